The van der Waals surface area contributed by atoms with E-state index in [-0.39, 0.29) is 30.7 Å². The molecule has 1 aliphatic rings. The summed E-state index contributed by atoms with van der Waals surface area (Å²) in [4.78, 5) is 18.8. The maximum Gasteiger partial charge on any atom is 0.240 e. The van der Waals surface area contributed by atoms with E-state index in [9.17, 15) is 4.79 Å². The maximum absolute atomic E-state index is 12.4. The second-order valence-electron chi connectivity index (χ2n) is 7.69. The SMILES string of the molecule is CC(CC(=O)NC(C)(C)c1noc(CN(C)C)n1)C1CCNCC1.Cl.Cl. The van der Waals surface area contributed by atoms with Crippen LogP contribution in [0.1, 0.15) is 51.7 Å². The molecule has 0 radical (unpaired) electrons. The molecule has 1 aromatic heterocycles. The van der Waals surface area contributed by atoms with Gasteiger partial charge in [0.05, 0.1) is 12.1 Å². The third-order valence-corrected chi connectivity index (χ3v) is 4.63. The van der Waals surface area contributed by atoms with E-state index in [0.717, 1.165) is 25.9 Å². The average Bonchev–Trinajstić information content (AvgIpc) is 2.96. The van der Waals surface area contributed by atoms with E-state index in [2.05, 4.69) is 27.7 Å². The van der Waals surface area contributed by atoms with Crippen LogP contribution in [0, 0.1) is 11.8 Å². The van der Waals surface area contributed by atoms with Gasteiger partial charge in [0.2, 0.25) is 11.8 Å². The van der Waals surface area contributed by atoms with Gasteiger partial charge < -0.3 is 20.1 Å². The Morgan fingerprint density at radius 3 is 2.54 bits per heavy atom. The molecule has 0 spiro atoms. The number of hydrogen-bond acceptors (Lipinski definition) is 6. The summed E-state index contributed by atoms with van der Waals surface area (Å²) in [6.07, 6.45) is 2.84. The lowest BCUT2D eigenvalue weighted by Crippen LogP contribution is -2.43. The molecule has 1 aromatic rings. The van der Waals surface area contributed by atoms with Crippen LogP contribution in [-0.4, -0.2) is 48.1 Å². The zero-order valence-electron chi connectivity index (χ0n) is 16.4. The number of amides is 1. The smallest absolute Gasteiger partial charge is 0.240 e. The summed E-state index contributed by atoms with van der Waals surface area (Å²) in [6.45, 7) is 8.68. The number of rotatable bonds is 7. The van der Waals surface area contributed by atoms with Gasteiger partial charge in [0.1, 0.15) is 0 Å². The number of hydrogen-bond donors (Lipinski definition) is 2. The normalized spacial score (nSPS) is 16.5. The summed E-state index contributed by atoms with van der Waals surface area (Å²) in [6, 6.07) is 0. The number of nitrogens with one attached hydrogen (secondary N) is 2. The van der Waals surface area contributed by atoms with Gasteiger partial charge in [-0.25, -0.2) is 0 Å². The molecule has 1 saturated heterocycles. The molecule has 0 aromatic carbocycles. The minimum absolute atomic E-state index is 0. The Balaban J connectivity index is 0.00000312. The first-order valence-corrected chi connectivity index (χ1v) is 8.77. The molecule has 26 heavy (non-hydrogen) atoms. The predicted molar refractivity (Wildman–Crippen MR) is 107 cm³/mol. The number of aromatic nitrogens is 2. The Labute approximate surface area is 168 Å². The highest BCUT2D eigenvalue weighted by molar-refractivity contribution is 5.85. The van der Waals surface area contributed by atoms with Gasteiger partial charge in [-0.3, -0.25) is 4.79 Å². The fourth-order valence-corrected chi connectivity index (χ4v) is 3.17. The van der Waals surface area contributed by atoms with Crippen LogP contribution in [0.25, 0.3) is 0 Å². The van der Waals surface area contributed by atoms with Gasteiger partial charge in [0, 0.05) is 6.42 Å². The molecule has 1 fully saturated rings. The first-order valence-electron chi connectivity index (χ1n) is 8.77. The molecule has 0 bridgehead atoms. The van der Waals surface area contributed by atoms with Crippen molar-refractivity contribution in [2.75, 3.05) is 27.2 Å². The van der Waals surface area contributed by atoms with E-state index in [4.69, 9.17) is 4.52 Å². The molecular weight excluding hydrogens is 377 g/mol. The van der Waals surface area contributed by atoms with Crippen molar-refractivity contribution < 1.29 is 9.32 Å². The molecule has 2 heterocycles. The fraction of sp³-hybridized carbons (Fsp3) is 0.824. The molecule has 1 atom stereocenters. The van der Waals surface area contributed by atoms with Gasteiger partial charge in [-0.05, 0) is 65.7 Å². The molecule has 2 N–H and O–H groups in total. The lowest BCUT2D eigenvalue weighted by molar-refractivity contribution is -0.124. The third-order valence-electron chi connectivity index (χ3n) is 4.63. The molecule has 152 valence electrons. The zero-order chi connectivity index (χ0) is 17.7. The largest absolute Gasteiger partial charge is 0.344 e. The van der Waals surface area contributed by atoms with Crippen molar-refractivity contribution in [1.82, 2.24) is 25.7 Å². The number of nitrogens with zero attached hydrogens (tertiary/aromatic N) is 3. The molecule has 1 aliphatic heterocycles. The highest BCUT2D eigenvalue weighted by Crippen LogP contribution is 2.25. The summed E-state index contributed by atoms with van der Waals surface area (Å²) in [7, 11) is 3.89. The highest BCUT2D eigenvalue weighted by Gasteiger charge is 2.30. The van der Waals surface area contributed by atoms with Crippen molar-refractivity contribution in [1.29, 1.82) is 0 Å². The topological polar surface area (TPSA) is 83.3 Å². The first-order chi connectivity index (χ1) is 11.3. The summed E-state index contributed by atoms with van der Waals surface area (Å²) >= 11 is 0. The standard InChI is InChI=1S/C17H31N5O2.2ClH/c1-12(13-6-8-18-9-7-13)10-14(23)20-17(2,3)16-19-15(24-21-16)11-22(4)5;;/h12-13,18H,6-11H2,1-5H3,(H,20,23);2*1H. The number of piperidine rings is 1. The predicted octanol–water partition coefficient (Wildman–Crippen LogP) is 2.35. The van der Waals surface area contributed by atoms with Crippen molar-refractivity contribution in [3.63, 3.8) is 0 Å². The summed E-state index contributed by atoms with van der Waals surface area (Å²) in [5.41, 5.74) is -0.640. The van der Waals surface area contributed by atoms with E-state index >= 15 is 0 Å². The van der Waals surface area contributed by atoms with Gasteiger partial charge in [0.15, 0.2) is 5.82 Å². The molecule has 1 unspecified atom stereocenters. The van der Waals surface area contributed by atoms with Gasteiger partial charge in [-0.15, -0.1) is 24.8 Å². The summed E-state index contributed by atoms with van der Waals surface area (Å²) < 4.78 is 5.26. The van der Waals surface area contributed by atoms with Crippen molar-refractivity contribution in [3.8, 4) is 0 Å². The summed E-state index contributed by atoms with van der Waals surface area (Å²) in [5, 5.41) is 10.5. The lowest BCUT2D eigenvalue weighted by atomic mass is 9.84. The van der Waals surface area contributed by atoms with Crippen LogP contribution in [0.4, 0.5) is 0 Å². The number of halogens is 2. The van der Waals surface area contributed by atoms with Crippen molar-refractivity contribution in [3.05, 3.63) is 11.7 Å². The van der Waals surface area contributed by atoms with Crippen LogP contribution in [-0.2, 0) is 16.9 Å². The van der Waals surface area contributed by atoms with Crippen molar-refractivity contribution >= 4 is 30.7 Å². The molecule has 7 nitrogen and oxygen atoms in total. The van der Waals surface area contributed by atoms with Gasteiger partial charge in [0.25, 0.3) is 0 Å². The molecule has 9 heteroatoms. The Morgan fingerprint density at radius 2 is 1.96 bits per heavy atom. The molecule has 0 aliphatic carbocycles. The Morgan fingerprint density at radius 1 is 1.35 bits per heavy atom. The quantitative estimate of drug-likeness (QED) is 0.718. The Kier molecular flexibility index (Phi) is 10.7. The number of carbonyl (C=O) groups is 1. The van der Waals surface area contributed by atoms with Crippen LogP contribution in [0.5, 0.6) is 0 Å². The molecule has 2 rings (SSSR count). The fourth-order valence-electron chi connectivity index (χ4n) is 3.17. The van der Waals surface area contributed by atoms with Crippen LogP contribution in [0.15, 0.2) is 4.52 Å². The van der Waals surface area contributed by atoms with Gasteiger partial charge in [-0.2, -0.15) is 4.98 Å². The third kappa shape index (κ3) is 7.39. The van der Waals surface area contributed by atoms with Crippen LogP contribution in [0.2, 0.25) is 0 Å². The van der Waals surface area contributed by atoms with E-state index in [1.807, 2.05) is 32.8 Å². The summed E-state index contributed by atoms with van der Waals surface area (Å²) in [5.74, 6) is 2.13. The van der Waals surface area contributed by atoms with Crippen LogP contribution < -0.4 is 10.6 Å². The Bertz CT molecular complexity index is 545. The average molecular weight is 410 g/mol. The van der Waals surface area contributed by atoms with Gasteiger partial charge in [-0.1, -0.05) is 12.1 Å². The monoisotopic (exact) mass is 409 g/mol. The lowest BCUT2D eigenvalue weighted by Gasteiger charge is -2.29. The van der Waals surface area contributed by atoms with Crippen LogP contribution in [0.3, 0.4) is 0 Å². The second-order valence-corrected chi connectivity index (χ2v) is 7.69. The van der Waals surface area contributed by atoms with E-state index in [1.54, 1.807) is 0 Å². The van der Waals surface area contributed by atoms with E-state index in [1.165, 1.54) is 0 Å². The van der Waals surface area contributed by atoms with Gasteiger partial charge >= 0.3 is 0 Å². The van der Waals surface area contributed by atoms with Crippen molar-refractivity contribution in [2.24, 2.45) is 11.8 Å². The minimum Gasteiger partial charge on any atom is -0.344 e. The first kappa shape index (κ1) is 25.1. The van der Waals surface area contributed by atoms with E-state index in [0.29, 0.717) is 36.5 Å². The zero-order valence-corrected chi connectivity index (χ0v) is 18.0. The maximum atomic E-state index is 12.4. The Hall–Kier alpha value is -0.890. The second kappa shape index (κ2) is 11.1. The molecular formula is C17H33Cl2N5O2. The number of carbonyl (C=O) groups excluding carboxylic acids is 1. The molecule has 0 saturated carbocycles. The van der Waals surface area contributed by atoms with Crippen LogP contribution >= 0.6 is 24.8 Å². The van der Waals surface area contributed by atoms with E-state index < -0.39 is 5.54 Å². The minimum atomic E-state index is -0.640. The highest BCUT2D eigenvalue weighted by atomic mass is 35.5. The molecule has 1 amide bonds. The van der Waals surface area contributed by atoms with Crippen molar-refractivity contribution in [2.45, 2.75) is 52.1 Å².